The lowest BCUT2D eigenvalue weighted by Crippen LogP contribution is -2.58. The van der Waals surface area contributed by atoms with Crippen molar-refractivity contribution in [3.8, 4) is 5.75 Å². The van der Waals surface area contributed by atoms with Crippen LogP contribution in [0, 0.1) is 15.5 Å². The molecule has 2 aliphatic rings. The third kappa shape index (κ3) is 1.98. The van der Waals surface area contributed by atoms with Gasteiger partial charge < -0.3 is 9.84 Å². The third-order valence-electron chi connectivity index (χ3n) is 4.58. The maximum Gasteiger partial charge on any atom is 0.273 e. The smallest absolute Gasteiger partial charge is 0.273 e. The molecule has 0 bridgehead atoms. The van der Waals surface area contributed by atoms with Crippen LogP contribution < -0.4 is 4.74 Å². The fourth-order valence-corrected chi connectivity index (χ4v) is 3.41. The molecule has 0 amide bonds. The number of aliphatic hydroxyl groups excluding tert-OH is 1. The summed E-state index contributed by atoms with van der Waals surface area (Å²) in [6.07, 6.45) is 4.59. The molecule has 3 rings (SSSR count). The van der Waals surface area contributed by atoms with Crippen molar-refractivity contribution in [1.29, 1.82) is 0 Å². The maximum absolute atomic E-state index is 10.7. The Morgan fingerprint density at radius 1 is 1.37 bits per heavy atom. The second-order valence-electron chi connectivity index (χ2n) is 5.55. The first-order valence-corrected chi connectivity index (χ1v) is 6.71. The van der Waals surface area contributed by atoms with Crippen molar-refractivity contribution in [3.63, 3.8) is 0 Å². The highest BCUT2D eigenvalue weighted by Gasteiger charge is 2.57. The van der Waals surface area contributed by atoms with E-state index < -0.39 is 4.92 Å². The minimum Gasteiger partial charge on any atom is -0.489 e. The zero-order valence-electron chi connectivity index (χ0n) is 10.6. The molecule has 2 saturated carbocycles. The van der Waals surface area contributed by atoms with Gasteiger partial charge >= 0.3 is 0 Å². The Bertz CT molecular complexity index is 496. The molecule has 2 atom stereocenters. The number of hydrogen-bond acceptors (Lipinski definition) is 4. The average Bonchev–Trinajstić information content (AvgIpc) is 2.91. The number of non-ortho nitro benzene ring substituents is 1. The van der Waals surface area contributed by atoms with E-state index >= 15 is 0 Å². The summed E-state index contributed by atoms with van der Waals surface area (Å²) < 4.78 is 5.88. The van der Waals surface area contributed by atoms with Gasteiger partial charge in [-0.25, -0.2) is 0 Å². The molecule has 1 aromatic rings. The van der Waals surface area contributed by atoms with Crippen molar-refractivity contribution in [2.75, 3.05) is 0 Å². The largest absolute Gasteiger partial charge is 0.489 e. The van der Waals surface area contributed by atoms with Gasteiger partial charge in [0.1, 0.15) is 11.9 Å². The zero-order valence-corrected chi connectivity index (χ0v) is 10.6. The van der Waals surface area contributed by atoms with Crippen LogP contribution in [0.3, 0.4) is 0 Å². The molecular weight excluding hydrogens is 246 g/mol. The van der Waals surface area contributed by atoms with Gasteiger partial charge in [-0.2, -0.15) is 0 Å². The van der Waals surface area contributed by atoms with E-state index in [-0.39, 0.29) is 23.3 Å². The van der Waals surface area contributed by atoms with Crippen molar-refractivity contribution < 1.29 is 14.8 Å². The second-order valence-corrected chi connectivity index (χ2v) is 5.55. The van der Waals surface area contributed by atoms with Gasteiger partial charge in [0.05, 0.1) is 17.1 Å². The number of rotatable bonds is 3. The molecule has 0 aromatic heterocycles. The molecule has 0 radical (unpaired) electrons. The highest BCUT2D eigenvalue weighted by atomic mass is 16.6. The first-order chi connectivity index (χ1) is 9.12. The van der Waals surface area contributed by atoms with Gasteiger partial charge in [0, 0.05) is 17.9 Å². The topological polar surface area (TPSA) is 72.6 Å². The van der Waals surface area contributed by atoms with Crippen LogP contribution in [0.5, 0.6) is 5.75 Å². The molecule has 1 aromatic carbocycles. The average molecular weight is 263 g/mol. The lowest BCUT2D eigenvalue weighted by molar-refractivity contribution is -0.385. The Kier molecular flexibility index (Phi) is 2.93. The Morgan fingerprint density at radius 3 is 2.74 bits per heavy atom. The van der Waals surface area contributed by atoms with Gasteiger partial charge in [0.2, 0.25) is 0 Å². The van der Waals surface area contributed by atoms with E-state index in [4.69, 9.17) is 4.74 Å². The zero-order chi connectivity index (χ0) is 13.5. The monoisotopic (exact) mass is 263 g/mol. The van der Waals surface area contributed by atoms with E-state index in [9.17, 15) is 15.2 Å². The van der Waals surface area contributed by atoms with Crippen LogP contribution >= 0.6 is 0 Å². The van der Waals surface area contributed by atoms with Gasteiger partial charge in [0.25, 0.3) is 5.69 Å². The molecule has 2 fully saturated rings. The first kappa shape index (κ1) is 12.4. The van der Waals surface area contributed by atoms with E-state index in [2.05, 4.69) is 0 Å². The molecule has 102 valence electrons. The van der Waals surface area contributed by atoms with Crippen LogP contribution in [0.25, 0.3) is 0 Å². The lowest BCUT2D eigenvalue weighted by atomic mass is 9.62. The quantitative estimate of drug-likeness (QED) is 0.672. The van der Waals surface area contributed by atoms with Crippen molar-refractivity contribution in [3.05, 3.63) is 34.4 Å². The molecule has 0 aliphatic heterocycles. The maximum atomic E-state index is 10.7. The summed E-state index contributed by atoms with van der Waals surface area (Å²) >= 11 is 0. The predicted octanol–water partition coefficient (Wildman–Crippen LogP) is 2.67. The minimum absolute atomic E-state index is 0.00740. The van der Waals surface area contributed by atoms with E-state index in [1.165, 1.54) is 12.1 Å². The molecule has 19 heavy (non-hydrogen) atoms. The normalized spacial score (nSPS) is 28.1. The standard InChI is InChI=1S/C14H17NO4/c16-12-9-13(14(12)6-1-2-7-14)19-11-5-3-4-10(8-11)15(17)18/h3-5,8,12-13,16H,1-2,6-7,9H2. The SMILES string of the molecule is O=[N+]([O-])c1cccc(OC2CC(O)C23CCCC3)c1. The number of hydrogen-bond donors (Lipinski definition) is 1. The van der Waals surface area contributed by atoms with Crippen LogP contribution in [0.15, 0.2) is 24.3 Å². The highest BCUT2D eigenvalue weighted by molar-refractivity contribution is 5.38. The van der Waals surface area contributed by atoms with Gasteiger partial charge in [-0.15, -0.1) is 0 Å². The molecule has 0 saturated heterocycles. The van der Waals surface area contributed by atoms with Crippen molar-refractivity contribution in [1.82, 2.24) is 0 Å². The summed E-state index contributed by atoms with van der Waals surface area (Å²) in [6, 6.07) is 6.27. The Labute approximate surface area is 111 Å². The van der Waals surface area contributed by atoms with Gasteiger partial charge in [-0.1, -0.05) is 18.9 Å². The summed E-state index contributed by atoms with van der Waals surface area (Å²) in [7, 11) is 0. The van der Waals surface area contributed by atoms with Crippen LogP contribution in [0.2, 0.25) is 0 Å². The third-order valence-corrected chi connectivity index (χ3v) is 4.58. The second kappa shape index (κ2) is 4.49. The van der Waals surface area contributed by atoms with Crippen LogP contribution in [-0.4, -0.2) is 22.2 Å². The minimum atomic E-state index is -0.423. The summed E-state index contributed by atoms with van der Waals surface area (Å²) in [6.45, 7) is 0. The van der Waals surface area contributed by atoms with Crippen molar-refractivity contribution in [2.24, 2.45) is 5.41 Å². The van der Waals surface area contributed by atoms with Gasteiger partial charge in [-0.05, 0) is 18.9 Å². The van der Waals surface area contributed by atoms with Crippen molar-refractivity contribution >= 4 is 5.69 Å². The number of aliphatic hydroxyl groups is 1. The Balaban J connectivity index is 1.75. The molecule has 5 heteroatoms. The van der Waals surface area contributed by atoms with Crippen LogP contribution in [0.4, 0.5) is 5.69 Å². The highest BCUT2D eigenvalue weighted by Crippen LogP contribution is 2.54. The van der Waals surface area contributed by atoms with Crippen molar-refractivity contribution in [2.45, 2.75) is 44.3 Å². The van der Waals surface area contributed by atoms with E-state index in [1.807, 2.05) is 0 Å². The molecule has 1 spiro atoms. The van der Waals surface area contributed by atoms with E-state index in [0.717, 1.165) is 25.7 Å². The Hall–Kier alpha value is -1.62. The van der Waals surface area contributed by atoms with Gasteiger partial charge in [-0.3, -0.25) is 10.1 Å². The molecule has 0 heterocycles. The van der Waals surface area contributed by atoms with Crippen LogP contribution in [-0.2, 0) is 0 Å². The van der Waals surface area contributed by atoms with E-state index in [1.54, 1.807) is 12.1 Å². The first-order valence-electron chi connectivity index (χ1n) is 6.71. The number of ether oxygens (including phenoxy) is 1. The summed E-state index contributed by atoms with van der Waals surface area (Å²) in [4.78, 5) is 10.3. The summed E-state index contributed by atoms with van der Waals surface area (Å²) in [5, 5.41) is 20.7. The summed E-state index contributed by atoms with van der Waals surface area (Å²) in [5.74, 6) is 0.525. The van der Waals surface area contributed by atoms with Gasteiger partial charge in [0.15, 0.2) is 0 Å². The fourth-order valence-electron chi connectivity index (χ4n) is 3.41. The molecule has 2 aliphatic carbocycles. The number of nitro groups is 1. The molecule has 2 unspecified atom stereocenters. The number of nitrogens with zero attached hydrogens (tertiary/aromatic N) is 1. The lowest BCUT2D eigenvalue weighted by Gasteiger charge is -2.51. The molecular formula is C14H17NO4. The molecule has 1 N–H and O–H groups in total. The fraction of sp³-hybridized carbons (Fsp3) is 0.571. The number of benzene rings is 1. The Morgan fingerprint density at radius 2 is 2.11 bits per heavy atom. The van der Waals surface area contributed by atoms with E-state index in [0.29, 0.717) is 12.2 Å². The summed E-state index contributed by atoms with van der Waals surface area (Å²) in [5.41, 5.74) is -0.0669. The number of nitro benzene ring substituents is 1. The van der Waals surface area contributed by atoms with Crippen LogP contribution in [0.1, 0.15) is 32.1 Å². The molecule has 5 nitrogen and oxygen atoms in total. The predicted molar refractivity (Wildman–Crippen MR) is 69.0 cm³/mol.